The van der Waals surface area contributed by atoms with Gasteiger partial charge < -0.3 is 4.74 Å². The quantitative estimate of drug-likeness (QED) is 0.587. The highest BCUT2D eigenvalue weighted by Crippen LogP contribution is 2.27. The number of hydrogen-bond acceptors (Lipinski definition) is 7. The fourth-order valence-electron chi connectivity index (χ4n) is 2.71. The summed E-state index contributed by atoms with van der Waals surface area (Å²) >= 11 is 0. The number of benzene rings is 1. The van der Waals surface area contributed by atoms with Crippen molar-refractivity contribution in [3.8, 4) is 11.3 Å². The van der Waals surface area contributed by atoms with E-state index in [2.05, 4.69) is 20.1 Å². The van der Waals surface area contributed by atoms with Crippen molar-refractivity contribution in [1.82, 2.24) is 19.3 Å². The predicted molar refractivity (Wildman–Crippen MR) is 103 cm³/mol. The molecule has 1 aromatic carbocycles. The van der Waals surface area contributed by atoms with Crippen molar-refractivity contribution in [1.29, 1.82) is 0 Å². The van der Waals surface area contributed by atoms with Gasteiger partial charge in [-0.15, -0.1) is 0 Å². The van der Waals surface area contributed by atoms with Crippen LogP contribution in [0, 0.1) is 0 Å². The van der Waals surface area contributed by atoms with Gasteiger partial charge in [-0.25, -0.2) is 22.9 Å². The van der Waals surface area contributed by atoms with Gasteiger partial charge in [0.25, 0.3) is 0 Å². The summed E-state index contributed by atoms with van der Waals surface area (Å²) in [4.78, 5) is 27.9. The number of amides is 1. The minimum Gasteiger partial charge on any atom is -0.446 e. The van der Waals surface area contributed by atoms with Crippen molar-refractivity contribution in [2.24, 2.45) is 0 Å². The highest BCUT2D eigenvalue weighted by atomic mass is 32.2. The Morgan fingerprint density at radius 2 is 2.10 bits per heavy atom. The number of nitrogens with one attached hydrogen (secondary N) is 2. The summed E-state index contributed by atoms with van der Waals surface area (Å²) in [5.41, 5.74) is 1.29. The molecule has 0 atom stereocenters. The number of rotatable bonds is 6. The molecule has 0 spiro atoms. The maximum Gasteiger partial charge on any atom is 0.413 e. The van der Waals surface area contributed by atoms with Crippen LogP contribution in [0.1, 0.15) is 23.2 Å². The standard InChI is InChI=1S/C18H17N5O5S/c1-19-29(26,27)14-4-2-3-11(7-14)15-8-16(22-18(25)28-13-5-6-13)23-17(21-15)12(10-24)9-20-23/h2-4,7-10,13,19H,5-6H2,1H3,(H,22,25). The zero-order valence-electron chi connectivity index (χ0n) is 15.3. The number of anilines is 1. The Balaban J connectivity index is 1.81. The molecule has 0 aliphatic heterocycles. The molecule has 29 heavy (non-hydrogen) atoms. The van der Waals surface area contributed by atoms with Crippen molar-refractivity contribution in [2.75, 3.05) is 12.4 Å². The Morgan fingerprint density at radius 1 is 1.31 bits per heavy atom. The van der Waals surface area contributed by atoms with E-state index in [1.807, 2.05) is 0 Å². The average Bonchev–Trinajstić information content (AvgIpc) is 3.43. The van der Waals surface area contributed by atoms with E-state index in [-0.39, 0.29) is 28.0 Å². The first-order chi connectivity index (χ1) is 13.9. The second-order valence-electron chi connectivity index (χ2n) is 6.44. The Labute approximate surface area is 165 Å². The van der Waals surface area contributed by atoms with Crippen molar-refractivity contribution >= 4 is 33.9 Å². The molecule has 1 fully saturated rings. The monoisotopic (exact) mass is 415 g/mol. The summed E-state index contributed by atoms with van der Waals surface area (Å²) in [6.45, 7) is 0. The van der Waals surface area contributed by atoms with Gasteiger partial charge in [-0.2, -0.15) is 9.61 Å². The van der Waals surface area contributed by atoms with Gasteiger partial charge in [-0.1, -0.05) is 12.1 Å². The highest BCUT2D eigenvalue weighted by molar-refractivity contribution is 7.89. The van der Waals surface area contributed by atoms with E-state index in [4.69, 9.17) is 4.74 Å². The van der Waals surface area contributed by atoms with E-state index >= 15 is 0 Å². The number of aromatic nitrogens is 3. The van der Waals surface area contributed by atoms with Crippen LogP contribution in [0.3, 0.4) is 0 Å². The summed E-state index contributed by atoms with van der Waals surface area (Å²) in [7, 11) is -2.33. The summed E-state index contributed by atoms with van der Waals surface area (Å²) in [6, 6.07) is 7.70. The van der Waals surface area contributed by atoms with Crippen LogP contribution in [0.4, 0.5) is 10.6 Å². The first kappa shape index (κ1) is 19.0. The molecule has 0 saturated heterocycles. The Hall–Kier alpha value is -3.31. The lowest BCUT2D eigenvalue weighted by Crippen LogP contribution is -2.18. The van der Waals surface area contributed by atoms with E-state index in [0.717, 1.165) is 12.8 Å². The molecule has 1 aliphatic carbocycles. The Morgan fingerprint density at radius 3 is 2.79 bits per heavy atom. The van der Waals surface area contributed by atoms with Crippen molar-refractivity contribution in [3.05, 3.63) is 42.1 Å². The van der Waals surface area contributed by atoms with Crippen molar-refractivity contribution in [3.63, 3.8) is 0 Å². The number of carbonyl (C=O) groups is 2. The van der Waals surface area contributed by atoms with Crippen LogP contribution in [0.5, 0.6) is 0 Å². The molecule has 10 nitrogen and oxygen atoms in total. The normalized spacial score (nSPS) is 14.0. The van der Waals surface area contributed by atoms with Gasteiger partial charge >= 0.3 is 6.09 Å². The Bertz CT molecular complexity index is 1220. The van der Waals surface area contributed by atoms with Gasteiger partial charge in [-0.3, -0.25) is 10.1 Å². The average molecular weight is 415 g/mol. The fraction of sp³-hybridized carbons (Fsp3) is 0.222. The van der Waals surface area contributed by atoms with E-state index in [1.165, 1.54) is 36.0 Å². The number of nitrogens with zero attached hydrogens (tertiary/aromatic N) is 3. The van der Waals surface area contributed by atoms with E-state index < -0.39 is 16.1 Å². The molecular formula is C18H17N5O5S. The van der Waals surface area contributed by atoms with Gasteiger partial charge in [0.2, 0.25) is 10.0 Å². The van der Waals surface area contributed by atoms with Crippen LogP contribution in [0.25, 0.3) is 16.9 Å². The second kappa shape index (κ2) is 7.26. The molecule has 4 rings (SSSR count). The van der Waals surface area contributed by atoms with Gasteiger partial charge in [-0.05, 0) is 32.0 Å². The highest BCUT2D eigenvalue weighted by Gasteiger charge is 2.26. The number of aldehydes is 1. The number of fused-ring (bicyclic) bond motifs is 1. The van der Waals surface area contributed by atoms with Crippen molar-refractivity contribution in [2.45, 2.75) is 23.8 Å². The first-order valence-electron chi connectivity index (χ1n) is 8.77. The van der Waals surface area contributed by atoms with Crippen LogP contribution in [-0.4, -0.2) is 48.5 Å². The van der Waals surface area contributed by atoms with E-state index in [0.29, 0.717) is 17.5 Å². The van der Waals surface area contributed by atoms with Gasteiger partial charge in [0, 0.05) is 11.6 Å². The zero-order valence-corrected chi connectivity index (χ0v) is 16.1. The largest absolute Gasteiger partial charge is 0.446 e. The Kier molecular flexibility index (Phi) is 4.76. The third kappa shape index (κ3) is 3.82. The number of ether oxygens (including phenoxy) is 1. The maximum absolute atomic E-state index is 12.1. The van der Waals surface area contributed by atoms with Crippen molar-refractivity contribution < 1.29 is 22.7 Å². The van der Waals surface area contributed by atoms with Crippen LogP contribution in [0.15, 0.2) is 41.4 Å². The molecule has 11 heteroatoms. The molecule has 1 saturated carbocycles. The van der Waals surface area contributed by atoms with Gasteiger partial charge in [0.15, 0.2) is 11.9 Å². The number of sulfonamides is 1. The number of carbonyl (C=O) groups excluding carboxylic acids is 2. The van der Waals surface area contributed by atoms with Crippen LogP contribution < -0.4 is 10.0 Å². The van der Waals surface area contributed by atoms with Crippen LogP contribution in [-0.2, 0) is 14.8 Å². The molecule has 3 aromatic rings. The minimum absolute atomic E-state index is 0.0611. The molecule has 1 aliphatic rings. The van der Waals surface area contributed by atoms with E-state index in [9.17, 15) is 18.0 Å². The first-order valence-corrected chi connectivity index (χ1v) is 10.2. The molecular weight excluding hydrogens is 398 g/mol. The summed E-state index contributed by atoms with van der Waals surface area (Å²) in [5.74, 6) is 0.241. The van der Waals surface area contributed by atoms with Gasteiger partial charge in [0.1, 0.15) is 11.9 Å². The molecule has 2 aromatic heterocycles. The third-order valence-corrected chi connectivity index (χ3v) is 5.78. The molecule has 2 N–H and O–H groups in total. The smallest absolute Gasteiger partial charge is 0.413 e. The minimum atomic E-state index is -3.65. The molecule has 0 bridgehead atoms. The maximum atomic E-state index is 12.1. The zero-order chi connectivity index (χ0) is 20.6. The second-order valence-corrected chi connectivity index (χ2v) is 8.33. The lowest BCUT2D eigenvalue weighted by Gasteiger charge is -2.11. The van der Waals surface area contributed by atoms with Crippen LogP contribution >= 0.6 is 0 Å². The topological polar surface area (TPSA) is 132 Å². The lowest BCUT2D eigenvalue weighted by molar-refractivity contribution is 0.112. The summed E-state index contributed by atoms with van der Waals surface area (Å²) in [5, 5.41) is 6.70. The summed E-state index contributed by atoms with van der Waals surface area (Å²) in [6.07, 6.45) is 2.87. The molecule has 150 valence electrons. The molecule has 0 radical (unpaired) electrons. The van der Waals surface area contributed by atoms with E-state index in [1.54, 1.807) is 12.1 Å². The molecule has 2 heterocycles. The van der Waals surface area contributed by atoms with Crippen LogP contribution in [0.2, 0.25) is 0 Å². The predicted octanol–water partition coefficient (Wildman–Crippen LogP) is 1.83. The fourth-order valence-corrected chi connectivity index (χ4v) is 3.49. The number of hydrogen-bond donors (Lipinski definition) is 2. The molecule has 0 unspecified atom stereocenters. The third-order valence-electron chi connectivity index (χ3n) is 4.36. The lowest BCUT2D eigenvalue weighted by atomic mass is 10.1. The SMILES string of the molecule is CNS(=O)(=O)c1cccc(-c2cc(NC(=O)OC3CC3)n3ncc(C=O)c3n2)c1. The van der Waals surface area contributed by atoms with Gasteiger partial charge in [0.05, 0.1) is 22.3 Å². The molecule has 1 amide bonds. The summed E-state index contributed by atoms with van der Waals surface area (Å²) < 4.78 is 33.0.